The molecule has 0 unspecified atom stereocenters. The lowest BCUT2D eigenvalue weighted by Gasteiger charge is -2.19. The Bertz CT molecular complexity index is 676. The fourth-order valence-corrected chi connectivity index (χ4v) is 3.02. The summed E-state index contributed by atoms with van der Waals surface area (Å²) in [5, 5.41) is 2.24. The third-order valence-corrected chi connectivity index (χ3v) is 4.75. The molecule has 0 aliphatic heterocycles. The second-order valence-corrected chi connectivity index (χ2v) is 8.02. The minimum absolute atomic E-state index is 0.0695. The number of rotatable bonds is 6. The van der Waals surface area contributed by atoms with Crippen molar-refractivity contribution in [1.29, 1.82) is 0 Å². The van der Waals surface area contributed by atoms with Crippen LogP contribution in [0, 0.1) is 0 Å². The Morgan fingerprint density at radius 3 is 2.13 bits per heavy atom. The number of amides is 2. The Kier molecular flexibility index (Phi) is 5.90. The summed E-state index contributed by atoms with van der Waals surface area (Å²) in [4.78, 5) is 22.4. The highest BCUT2D eigenvalue weighted by Gasteiger charge is 2.23. The molecule has 0 radical (unpaired) electrons. The second-order valence-electron chi connectivity index (χ2n) is 6.30. The van der Waals surface area contributed by atoms with Crippen LogP contribution in [0.2, 0.25) is 0 Å². The van der Waals surface area contributed by atoms with Crippen molar-refractivity contribution in [2.45, 2.75) is 44.0 Å². The highest BCUT2D eigenvalue weighted by atomic mass is 32.2. The van der Waals surface area contributed by atoms with Crippen LogP contribution in [0.1, 0.15) is 33.3 Å². The minimum Gasteiger partial charge on any atom is -0.368 e. The van der Waals surface area contributed by atoms with Gasteiger partial charge in [0.15, 0.2) is 0 Å². The van der Waals surface area contributed by atoms with E-state index in [1.54, 1.807) is 12.1 Å². The van der Waals surface area contributed by atoms with E-state index >= 15 is 0 Å². The zero-order valence-electron chi connectivity index (χ0n) is 13.7. The standard InChI is InChI=1S/C15H23N3O4S/c1-10(14(20)17-9-13(16)19)18-23(21,22)12-7-5-11(6-8-12)15(2,3)4/h5-8,10,18H,9H2,1-4H3,(H2,16,19)(H,17,20)/t10-/m0/s1. The maximum absolute atomic E-state index is 12.3. The molecule has 1 rings (SSSR count). The van der Waals surface area contributed by atoms with E-state index < -0.39 is 27.9 Å². The van der Waals surface area contributed by atoms with Gasteiger partial charge in [-0.1, -0.05) is 32.9 Å². The van der Waals surface area contributed by atoms with E-state index in [4.69, 9.17) is 5.73 Å². The second kappa shape index (κ2) is 7.10. The average molecular weight is 341 g/mol. The Hall–Kier alpha value is -1.93. The molecule has 0 aliphatic rings. The lowest BCUT2D eigenvalue weighted by molar-refractivity contribution is -0.125. The maximum Gasteiger partial charge on any atom is 0.241 e. The fourth-order valence-electron chi connectivity index (χ4n) is 1.82. The predicted molar refractivity (Wildman–Crippen MR) is 87.1 cm³/mol. The van der Waals surface area contributed by atoms with Gasteiger partial charge in [0.2, 0.25) is 21.8 Å². The Morgan fingerprint density at radius 1 is 1.17 bits per heavy atom. The summed E-state index contributed by atoms with van der Waals surface area (Å²) >= 11 is 0. The first-order valence-electron chi connectivity index (χ1n) is 7.12. The topological polar surface area (TPSA) is 118 Å². The van der Waals surface area contributed by atoms with Gasteiger partial charge in [0.1, 0.15) is 0 Å². The Balaban J connectivity index is 2.83. The van der Waals surface area contributed by atoms with E-state index in [0.29, 0.717) is 0 Å². The van der Waals surface area contributed by atoms with Crippen LogP contribution in [-0.2, 0) is 25.0 Å². The molecule has 1 atom stereocenters. The van der Waals surface area contributed by atoms with E-state index in [-0.39, 0.29) is 16.9 Å². The van der Waals surface area contributed by atoms with E-state index in [1.807, 2.05) is 20.8 Å². The van der Waals surface area contributed by atoms with Gasteiger partial charge in [0.25, 0.3) is 0 Å². The largest absolute Gasteiger partial charge is 0.368 e. The summed E-state index contributed by atoms with van der Waals surface area (Å²) in [6, 6.07) is 5.45. The van der Waals surface area contributed by atoms with Crippen LogP contribution in [0.15, 0.2) is 29.2 Å². The molecule has 1 aromatic carbocycles. The molecule has 0 saturated carbocycles. The molecule has 0 spiro atoms. The van der Waals surface area contributed by atoms with E-state index in [9.17, 15) is 18.0 Å². The smallest absolute Gasteiger partial charge is 0.241 e. The van der Waals surface area contributed by atoms with Crippen molar-refractivity contribution < 1.29 is 18.0 Å². The van der Waals surface area contributed by atoms with E-state index in [2.05, 4.69) is 10.0 Å². The van der Waals surface area contributed by atoms with Crippen molar-refractivity contribution in [1.82, 2.24) is 10.0 Å². The number of hydrogen-bond donors (Lipinski definition) is 3. The molecule has 0 aromatic heterocycles. The third kappa shape index (κ3) is 5.65. The highest BCUT2D eigenvalue weighted by molar-refractivity contribution is 7.89. The third-order valence-electron chi connectivity index (χ3n) is 3.19. The molecular weight excluding hydrogens is 318 g/mol. The maximum atomic E-state index is 12.3. The monoisotopic (exact) mass is 341 g/mol. The summed E-state index contributed by atoms with van der Waals surface area (Å²) in [6.45, 7) is 7.13. The van der Waals surface area contributed by atoms with Crippen LogP contribution in [0.4, 0.5) is 0 Å². The summed E-state index contributed by atoms with van der Waals surface area (Å²) < 4.78 is 26.8. The van der Waals surface area contributed by atoms with E-state index in [0.717, 1.165) is 5.56 Å². The number of hydrogen-bond acceptors (Lipinski definition) is 4. The fraction of sp³-hybridized carbons (Fsp3) is 0.467. The molecule has 8 heteroatoms. The van der Waals surface area contributed by atoms with Gasteiger partial charge in [-0.15, -0.1) is 0 Å². The van der Waals surface area contributed by atoms with Crippen LogP contribution in [0.25, 0.3) is 0 Å². The number of carbonyl (C=O) groups is 2. The molecule has 23 heavy (non-hydrogen) atoms. The summed E-state index contributed by atoms with van der Waals surface area (Å²) in [6.07, 6.45) is 0. The van der Waals surface area contributed by atoms with Gasteiger partial charge in [-0.05, 0) is 30.0 Å². The summed E-state index contributed by atoms with van der Waals surface area (Å²) in [7, 11) is -3.83. The quantitative estimate of drug-likeness (QED) is 0.687. The van der Waals surface area contributed by atoms with Gasteiger partial charge in [-0.2, -0.15) is 4.72 Å². The van der Waals surface area contributed by atoms with E-state index in [1.165, 1.54) is 19.1 Å². The SMILES string of the molecule is C[C@H](NS(=O)(=O)c1ccc(C(C)(C)C)cc1)C(=O)NCC(N)=O. The molecule has 0 saturated heterocycles. The minimum atomic E-state index is -3.83. The van der Waals surface area contributed by atoms with Crippen LogP contribution in [-0.4, -0.2) is 32.8 Å². The first kappa shape index (κ1) is 19.1. The number of nitrogens with two attached hydrogens (primary N) is 1. The van der Waals surface area contributed by atoms with Gasteiger partial charge < -0.3 is 11.1 Å². The Labute approximate surface area is 136 Å². The number of sulfonamides is 1. The van der Waals surface area contributed by atoms with Gasteiger partial charge in [-0.3, -0.25) is 9.59 Å². The van der Waals surface area contributed by atoms with Crippen LogP contribution in [0.5, 0.6) is 0 Å². The number of carbonyl (C=O) groups excluding carboxylic acids is 2. The Morgan fingerprint density at radius 2 is 1.70 bits per heavy atom. The number of benzene rings is 1. The molecule has 0 heterocycles. The lowest BCUT2D eigenvalue weighted by Crippen LogP contribution is -2.46. The zero-order chi connectivity index (χ0) is 17.8. The van der Waals surface area contributed by atoms with Gasteiger partial charge >= 0.3 is 0 Å². The zero-order valence-corrected chi connectivity index (χ0v) is 14.5. The van der Waals surface area contributed by atoms with Crippen molar-refractivity contribution >= 4 is 21.8 Å². The lowest BCUT2D eigenvalue weighted by atomic mass is 9.87. The van der Waals surface area contributed by atoms with Gasteiger partial charge in [0.05, 0.1) is 17.5 Å². The molecule has 4 N–H and O–H groups in total. The van der Waals surface area contributed by atoms with Crippen molar-refractivity contribution in [3.05, 3.63) is 29.8 Å². The van der Waals surface area contributed by atoms with Crippen molar-refractivity contribution in [2.24, 2.45) is 5.73 Å². The molecule has 0 bridgehead atoms. The highest BCUT2D eigenvalue weighted by Crippen LogP contribution is 2.23. The molecule has 0 fully saturated rings. The molecular formula is C15H23N3O4S. The summed E-state index contributed by atoms with van der Waals surface area (Å²) in [5.41, 5.74) is 5.83. The van der Waals surface area contributed by atoms with Crippen LogP contribution >= 0.6 is 0 Å². The first-order chi connectivity index (χ1) is 10.4. The predicted octanol–water partition coefficient (Wildman–Crippen LogP) is 0.252. The molecule has 0 aliphatic carbocycles. The number of primary amides is 1. The number of nitrogens with one attached hydrogen (secondary N) is 2. The van der Waals surface area contributed by atoms with Crippen LogP contribution in [0.3, 0.4) is 0 Å². The first-order valence-corrected chi connectivity index (χ1v) is 8.60. The molecule has 7 nitrogen and oxygen atoms in total. The van der Waals surface area contributed by atoms with Crippen molar-refractivity contribution in [3.8, 4) is 0 Å². The molecule has 2 amide bonds. The average Bonchev–Trinajstić information content (AvgIpc) is 2.43. The molecule has 128 valence electrons. The van der Waals surface area contributed by atoms with Crippen LogP contribution < -0.4 is 15.8 Å². The normalized spacial score (nSPS) is 13.4. The van der Waals surface area contributed by atoms with Gasteiger partial charge in [-0.25, -0.2) is 8.42 Å². The van der Waals surface area contributed by atoms with Gasteiger partial charge in [0, 0.05) is 0 Å². The molecule has 1 aromatic rings. The van der Waals surface area contributed by atoms with Crippen molar-refractivity contribution in [2.75, 3.05) is 6.54 Å². The van der Waals surface area contributed by atoms with Crippen molar-refractivity contribution in [3.63, 3.8) is 0 Å². The summed E-state index contributed by atoms with van der Waals surface area (Å²) in [5.74, 6) is -1.33.